The molecule has 4 rings (SSSR count). The molecule has 0 spiro atoms. The van der Waals surface area contributed by atoms with Crippen molar-refractivity contribution in [3.05, 3.63) is 35.9 Å². The quantitative estimate of drug-likeness (QED) is 0.0275. The van der Waals surface area contributed by atoms with E-state index in [1.165, 1.54) is 0 Å². The molecule has 3 saturated heterocycles. The van der Waals surface area contributed by atoms with Gasteiger partial charge in [0.1, 0.15) is 85.9 Å². The van der Waals surface area contributed by atoms with Gasteiger partial charge in [-0.1, -0.05) is 36.8 Å². The van der Waals surface area contributed by atoms with E-state index in [1.807, 2.05) is 30.3 Å². The molecule has 26 nitrogen and oxygen atoms in total. The normalized spacial score (nSPS) is 31.8. The van der Waals surface area contributed by atoms with Crippen LogP contribution < -0.4 is 16.0 Å². The van der Waals surface area contributed by atoms with Crippen molar-refractivity contribution in [1.29, 1.82) is 0 Å². The van der Waals surface area contributed by atoms with Gasteiger partial charge in [-0.25, -0.2) is 0 Å². The Morgan fingerprint density at radius 3 is 1.83 bits per heavy atom. The number of hydrogen-bond donors (Lipinski definition) is 14. The topological polar surface area (TPSA) is 409 Å². The minimum Gasteiger partial charge on any atom is -0.481 e. The van der Waals surface area contributed by atoms with Gasteiger partial charge in [0.2, 0.25) is 17.7 Å². The zero-order valence-corrected chi connectivity index (χ0v) is 37.8. The van der Waals surface area contributed by atoms with E-state index in [0.717, 1.165) is 5.56 Å². The maximum atomic E-state index is 12.7. The summed E-state index contributed by atoms with van der Waals surface area (Å²) in [7, 11) is 0. The lowest BCUT2D eigenvalue weighted by atomic mass is 9.96. The van der Waals surface area contributed by atoms with Crippen molar-refractivity contribution >= 4 is 29.7 Å². The summed E-state index contributed by atoms with van der Waals surface area (Å²) in [5.74, 6) is -3.38. The molecule has 26 heteroatoms. The van der Waals surface area contributed by atoms with Crippen molar-refractivity contribution in [2.24, 2.45) is 0 Å². The monoisotopic (exact) mass is 993 g/mol. The van der Waals surface area contributed by atoms with E-state index in [1.54, 1.807) is 0 Å². The molecule has 3 aliphatic rings. The zero-order chi connectivity index (χ0) is 50.6. The summed E-state index contributed by atoms with van der Waals surface area (Å²) in [6.07, 6.45) is -24.3. The van der Waals surface area contributed by atoms with Crippen LogP contribution in [0.25, 0.3) is 0 Å². The molecule has 0 aromatic heterocycles. The molecule has 392 valence electrons. The third-order valence-electron chi connectivity index (χ3n) is 11.4. The molecule has 0 saturated carbocycles. The number of esters is 1. The zero-order valence-electron chi connectivity index (χ0n) is 37.8. The number of amides is 3. The highest BCUT2D eigenvalue weighted by Crippen LogP contribution is 2.31. The Morgan fingerprint density at radius 2 is 1.17 bits per heavy atom. The number of carboxylic acids is 1. The third kappa shape index (κ3) is 17.9. The number of benzene rings is 1. The number of hydrogen-bond acceptors (Lipinski definition) is 22. The Balaban J connectivity index is 1.17. The molecule has 3 heterocycles. The van der Waals surface area contributed by atoms with Gasteiger partial charge in [-0.2, -0.15) is 0 Å². The van der Waals surface area contributed by atoms with Crippen LogP contribution in [-0.2, 0) is 63.7 Å². The van der Waals surface area contributed by atoms with Crippen molar-refractivity contribution in [1.82, 2.24) is 16.0 Å². The lowest BCUT2D eigenvalue weighted by Crippen LogP contribution is -2.65. The highest BCUT2D eigenvalue weighted by Gasteiger charge is 2.52. The number of nitrogens with one attached hydrogen (secondary N) is 3. The minimum absolute atomic E-state index is 0.0407. The molecular weight excluding hydrogens is 926 g/mol. The highest BCUT2D eigenvalue weighted by molar-refractivity contribution is 5.90. The van der Waals surface area contributed by atoms with E-state index in [2.05, 4.69) is 16.0 Å². The predicted molar refractivity (Wildman–Crippen MR) is 228 cm³/mol. The summed E-state index contributed by atoms with van der Waals surface area (Å²) in [5, 5.41) is 120. The van der Waals surface area contributed by atoms with Crippen molar-refractivity contribution in [3.8, 4) is 0 Å². The standard InChI is InChI=1S/C43H67N3O23/c47-18-24-31(54)34(57)36(59)41(66-24)65-21-26-33(56)39(69-43-37(60)35(58)32(55)25(19-48)67-43)38(61)42(68-26)63-16-15-44-27(49)11-5-2-8-14-45-40(62)23(17-29(51)52)46-28(50)12-6-7-13-30(53)64-20-22-9-3-1-4-10-22/h1,3-4,9-10,23-26,31-39,41-43,47-48,54-61H,2,5-8,11-21H2,(H,44,49)(H,45,62)(H,46,50)(H,51,52)/t23-,24+,25+,26+,31+,32+,33+,34-,35-,36-,37-,38-,39-,41-,42-,43+/m0/s1. The van der Waals surface area contributed by atoms with Crippen LogP contribution in [0.5, 0.6) is 0 Å². The second kappa shape index (κ2) is 29.3. The second-order valence-corrected chi connectivity index (χ2v) is 16.7. The van der Waals surface area contributed by atoms with Crippen molar-refractivity contribution in [2.45, 2.75) is 163 Å². The Morgan fingerprint density at radius 1 is 0.594 bits per heavy atom. The van der Waals surface area contributed by atoms with Crippen molar-refractivity contribution in [3.63, 3.8) is 0 Å². The summed E-state index contributed by atoms with van der Waals surface area (Å²) >= 11 is 0. The molecule has 16 atom stereocenters. The van der Waals surface area contributed by atoms with Crippen molar-refractivity contribution < 1.29 is 113 Å². The van der Waals surface area contributed by atoms with E-state index < -0.39 is 154 Å². The summed E-state index contributed by atoms with van der Waals surface area (Å²) in [6, 6.07) is 7.79. The first-order valence-electron chi connectivity index (χ1n) is 22.7. The van der Waals surface area contributed by atoms with Gasteiger partial charge in [-0.05, 0) is 31.2 Å². The number of carboxylic acid groups (broad SMARTS) is 1. The third-order valence-corrected chi connectivity index (χ3v) is 11.4. The molecule has 3 amide bonds. The Bertz CT molecular complexity index is 1730. The maximum Gasteiger partial charge on any atom is 0.306 e. The molecule has 69 heavy (non-hydrogen) atoms. The highest BCUT2D eigenvalue weighted by atomic mass is 16.7. The van der Waals surface area contributed by atoms with Gasteiger partial charge in [0.15, 0.2) is 18.9 Å². The van der Waals surface area contributed by atoms with Crippen LogP contribution in [0.1, 0.15) is 63.4 Å². The summed E-state index contributed by atoms with van der Waals surface area (Å²) in [4.78, 5) is 61.2. The molecule has 0 bridgehead atoms. The van der Waals surface area contributed by atoms with Crippen LogP contribution in [0.2, 0.25) is 0 Å². The number of unbranched alkanes of at least 4 members (excludes halogenated alkanes) is 3. The van der Waals surface area contributed by atoms with Gasteiger partial charge in [0, 0.05) is 32.4 Å². The van der Waals surface area contributed by atoms with Gasteiger partial charge >= 0.3 is 11.9 Å². The van der Waals surface area contributed by atoms with Crippen LogP contribution in [0.3, 0.4) is 0 Å². The van der Waals surface area contributed by atoms with E-state index in [4.69, 9.17) is 33.2 Å². The molecule has 0 aliphatic carbocycles. The fourth-order valence-corrected chi connectivity index (χ4v) is 7.46. The molecule has 3 aliphatic heterocycles. The average Bonchev–Trinajstić information content (AvgIpc) is 3.33. The number of ether oxygens (including phenoxy) is 7. The van der Waals surface area contributed by atoms with E-state index >= 15 is 0 Å². The summed E-state index contributed by atoms with van der Waals surface area (Å²) < 4.78 is 38.5. The Hall–Kier alpha value is -4.07. The van der Waals surface area contributed by atoms with Crippen LogP contribution in [0.4, 0.5) is 0 Å². The molecule has 1 aromatic rings. The second-order valence-electron chi connectivity index (χ2n) is 16.7. The van der Waals surface area contributed by atoms with Crippen LogP contribution in [-0.4, -0.2) is 224 Å². The molecule has 0 radical (unpaired) electrons. The molecule has 3 fully saturated rings. The van der Waals surface area contributed by atoms with Crippen LogP contribution in [0.15, 0.2) is 30.3 Å². The van der Waals surface area contributed by atoms with Crippen LogP contribution >= 0.6 is 0 Å². The molecule has 0 unspecified atom stereocenters. The predicted octanol–water partition coefficient (Wildman–Crippen LogP) is -5.49. The smallest absolute Gasteiger partial charge is 0.306 e. The Labute approximate surface area is 396 Å². The largest absolute Gasteiger partial charge is 0.481 e. The van der Waals surface area contributed by atoms with E-state index in [0.29, 0.717) is 32.1 Å². The van der Waals surface area contributed by atoms with Gasteiger partial charge in [0.25, 0.3) is 0 Å². The molecule has 1 aromatic carbocycles. The van der Waals surface area contributed by atoms with Crippen LogP contribution in [0, 0.1) is 0 Å². The number of aliphatic carboxylic acids is 1. The number of carbonyl (C=O) groups excluding carboxylic acids is 4. The first kappa shape index (κ1) is 57.5. The first-order chi connectivity index (χ1) is 32.9. The lowest BCUT2D eigenvalue weighted by molar-refractivity contribution is -0.366. The van der Waals surface area contributed by atoms with E-state index in [-0.39, 0.29) is 45.6 Å². The number of aliphatic hydroxyl groups is 10. The number of carbonyl (C=O) groups is 5. The SMILES string of the molecule is O=C(O)C[C@H](NC(=O)CCCCC(=O)OCc1ccccc1)C(=O)NCCCCCC(=O)NCCO[C@H]1O[C@H](CO[C@H]2O[C@H](CO)[C@@H](O)[C@H](O)[C@@H]2O)[C@@H](O)[C@H](O[C@H]2O[C@H](CO)[C@@H](O)[C@H](O)[C@@H]2O)[C@@H]1O. The van der Waals surface area contributed by atoms with E-state index in [9.17, 15) is 80.1 Å². The minimum atomic E-state index is -1.93. The van der Waals surface area contributed by atoms with Gasteiger partial charge in [-0.15, -0.1) is 0 Å². The van der Waals surface area contributed by atoms with Gasteiger partial charge in [0.05, 0.1) is 32.8 Å². The summed E-state index contributed by atoms with van der Waals surface area (Å²) in [6.45, 7) is -2.39. The maximum absolute atomic E-state index is 12.7. The lowest BCUT2D eigenvalue weighted by Gasteiger charge is -2.46. The van der Waals surface area contributed by atoms with Crippen molar-refractivity contribution in [2.75, 3.05) is 39.5 Å². The Kier molecular flexibility index (Phi) is 24.4. The average molecular weight is 994 g/mol. The molecular formula is C43H67N3O23. The van der Waals surface area contributed by atoms with Gasteiger partial charge < -0.3 is 105 Å². The van der Waals surface area contributed by atoms with Gasteiger partial charge in [-0.3, -0.25) is 24.0 Å². The fraction of sp³-hybridized carbons (Fsp3) is 0.744. The first-order valence-corrected chi connectivity index (χ1v) is 22.7. The number of aliphatic hydroxyl groups excluding tert-OH is 10. The fourth-order valence-electron chi connectivity index (χ4n) is 7.46. The summed E-state index contributed by atoms with van der Waals surface area (Å²) in [5.41, 5.74) is 0.837. The molecule has 14 N–H and O–H groups in total. The number of rotatable bonds is 28.